The van der Waals surface area contributed by atoms with Crippen LogP contribution in [0.4, 0.5) is 10.5 Å². The summed E-state index contributed by atoms with van der Waals surface area (Å²) >= 11 is 0. The van der Waals surface area contributed by atoms with Gasteiger partial charge >= 0.3 is 6.16 Å². The molecule has 0 saturated heterocycles. The molecule has 0 atom stereocenters. The summed E-state index contributed by atoms with van der Waals surface area (Å²) in [5, 5.41) is 11.5. The number of nitrogens with one attached hydrogen (secondary N) is 1. The minimum Gasteiger partial charge on any atom is -0.449 e. The molecule has 1 aliphatic heterocycles. The van der Waals surface area contributed by atoms with Crippen LogP contribution in [0.3, 0.4) is 0 Å². The number of carboxylic acid groups (broad SMARTS) is 1. The van der Waals surface area contributed by atoms with Crippen LogP contribution in [0, 0.1) is 0 Å². The van der Waals surface area contributed by atoms with Gasteiger partial charge in [-0.15, -0.1) is 0 Å². The van der Waals surface area contributed by atoms with E-state index in [1.807, 2.05) is 6.07 Å². The molecule has 0 bridgehead atoms. The zero-order valence-corrected chi connectivity index (χ0v) is 6.91. The van der Waals surface area contributed by atoms with Crippen LogP contribution in [0.15, 0.2) is 18.2 Å². The monoisotopic (exact) mass is 179 g/mol. The zero-order valence-electron chi connectivity index (χ0n) is 6.91. The van der Waals surface area contributed by atoms with Crippen LogP contribution < -0.4 is 10.1 Å². The van der Waals surface area contributed by atoms with Gasteiger partial charge in [-0.1, -0.05) is 12.1 Å². The van der Waals surface area contributed by atoms with Gasteiger partial charge in [-0.2, -0.15) is 0 Å². The SMILES string of the molecule is O=C(O)Oc1cccc2c1NCC2. The van der Waals surface area contributed by atoms with Crippen molar-refractivity contribution >= 4 is 11.8 Å². The van der Waals surface area contributed by atoms with Crippen LogP contribution in [0.2, 0.25) is 0 Å². The molecular weight excluding hydrogens is 170 g/mol. The standard InChI is InChI=1S/C9H9NO3/c11-9(12)13-7-3-1-2-6-4-5-10-8(6)7/h1-3,10H,4-5H2,(H,11,12). The Balaban J connectivity index is 2.36. The van der Waals surface area contributed by atoms with E-state index in [1.54, 1.807) is 12.1 Å². The average molecular weight is 179 g/mol. The third-order valence-corrected chi connectivity index (χ3v) is 2.01. The van der Waals surface area contributed by atoms with E-state index in [2.05, 4.69) is 10.1 Å². The van der Waals surface area contributed by atoms with E-state index in [-0.39, 0.29) is 0 Å². The number of benzene rings is 1. The first-order chi connectivity index (χ1) is 6.27. The van der Waals surface area contributed by atoms with Gasteiger partial charge in [0.05, 0.1) is 5.69 Å². The highest BCUT2D eigenvalue weighted by Gasteiger charge is 2.15. The third-order valence-electron chi connectivity index (χ3n) is 2.01. The van der Waals surface area contributed by atoms with E-state index < -0.39 is 6.16 Å². The second-order valence-corrected chi connectivity index (χ2v) is 2.84. The first-order valence-electron chi connectivity index (χ1n) is 4.04. The Kier molecular flexibility index (Phi) is 1.81. The van der Waals surface area contributed by atoms with Gasteiger partial charge < -0.3 is 15.2 Å². The number of anilines is 1. The van der Waals surface area contributed by atoms with Crippen molar-refractivity contribution in [1.29, 1.82) is 0 Å². The van der Waals surface area contributed by atoms with Gasteiger partial charge in [-0.05, 0) is 18.1 Å². The predicted octanol–water partition coefficient (Wildman–Crippen LogP) is 1.71. The van der Waals surface area contributed by atoms with Crippen molar-refractivity contribution in [3.63, 3.8) is 0 Å². The van der Waals surface area contributed by atoms with Gasteiger partial charge in [-0.3, -0.25) is 0 Å². The van der Waals surface area contributed by atoms with Crippen molar-refractivity contribution in [3.8, 4) is 5.75 Å². The molecule has 2 rings (SSSR count). The number of hydrogen-bond donors (Lipinski definition) is 2. The molecule has 0 radical (unpaired) electrons. The van der Waals surface area contributed by atoms with Crippen molar-refractivity contribution < 1.29 is 14.6 Å². The molecule has 1 aliphatic rings. The summed E-state index contributed by atoms with van der Waals surface area (Å²) in [7, 11) is 0. The summed E-state index contributed by atoms with van der Waals surface area (Å²) < 4.78 is 4.61. The Labute approximate surface area is 75.1 Å². The Morgan fingerprint density at radius 3 is 3.15 bits per heavy atom. The summed E-state index contributed by atoms with van der Waals surface area (Å²) in [5.74, 6) is 0.391. The molecule has 1 heterocycles. The number of fused-ring (bicyclic) bond motifs is 1. The highest BCUT2D eigenvalue weighted by molar-refractivity contribution is 5.71. The molecule has 2 N–H and O–H groups in total. The Hall–Kier alpha value is -1.71. The maximum Gasteiger partial charge on any atom is 0.511 e. The predicted molar refractivity (Wildman–Crippen MR) is 47.3 cm³/mol. The van der Waals surface area contributed by atoms with Crippen LogP contribution in [-0.4, -0.2) is 17.8 Å². The minimum atomic E-state index is -1.28. The molecule has 0 spiro atoms. The molecular formula is C9H9NO3. The molecule has 0 saturated carbocycles. The lowest BCUT2D eigenvalue weighted by Crippen LogP contribution is -2.04. The Morgan fingerprint density at radius 2 is 2.38 bits per heavy atom. The van der Waals surface area contributed by atoms with Crippen LogP contribution in [0.25, 0.3) is 0 Å². The second-order valence-electron chi connectivity index (χ2n) is 2.84. The van der Waals surface area contributed by atoms with Gasteiger partial charge in [0.15, 0.2) is 5.75 Å². The van der Waals surface area contributed by atoms with Crippen molar-refractivity contribution in [1.82, 2.24) is 0 Å². The van der Waals surface area contributed by atoms with Crippen molar-refractivity contribution in [2.75, 3.05) is 11.9 Å². The van der Waals surface area contributed by atoms with Crippen LogP contribution in [0.1, 0.15) is 5.56 Å². The number of ether oxygens (including phenoxy) is 1. The zero-order chi connectivity index (χ0) is 9.26. The lowest BCUT2D eigenvalue weighted by molar-refractivity contribution is 0.144. The van der Waals surface area contributed by atoms with Crippen LogP contribution in [-0.2, 0) is 6.42 Å². The summed E-state index contributed by atoms with van der Waals surface area (Å²) in [6.07, 6.45) is -0.353. The van der Waals surface area contributed by atoms with Gasteiger partial charge in [0.2, 0.25) is 0 Å². The van der Waals surface area contributed by atoms with Gasteiger partial charge in [0, 0.05) is 6.54 Å². The van der Waals surface area contributed by atoms with E-state index in [9.17, 15) is 4.79 Å². The topological polar surface area (TPSA) is 58.6 Å². The van der Waals surface area contributed by atoms with Gasteiger partial charge in [-0.25, -0.2) is 4.79 Å². The fourth-order valence-corrected chi connectivity index (χ4v) is 1.49. The van der Waals surface area contributed by atoms with Crippen molar-refractivity contribution in [2.24, 2.45) is 0 Å². The lowest BCUT2D eigenvalue weighted by Gasteiger charge is -2.05. The third kappa shape index (κ3) is 1.42. The number of para-hydroxylation sites is 1. The van der Waals surface area contributed by atoms with E-state index >= 15 is 0 Å². The highest BCUT2D eigenvalue weighted by Crippen LogP contribution is 2.32. The first kappa shape index (κ1) is 7.91. The Bertz CT molecular complexity index is 349. The Morgan fingerprint density at radius 1 is 1.54 bits per heavy atom. The molecule has 0 aliphatic carbocycles. The molecule has 4 heteroatoms. The van der Waals surface area contributed by atoms with E-state index in [0.717, 1.165) is 24.2 Å². The largest absolute Gasteiger partial charge is 0.511 e. The number of carbonyl (C=O) groups is 1. The van der Waals surface area contributed by atoms with E-state index in [0.29, 0.717) is 5.75 Å². The molecule has 0 amide bonds. The lowest BCUT2D eigenvalue weighted by atomic mass is 10.1. The molecule has 68 valence electrons. The van der Waals surface area contributed by atoms with Crippen molar-refractivity contribution in [2.45, 2.75) is 6.42 Å². The molecule has 13 heavy (non-hydrogen) atoms. The smallest absolute Gasteiger partial charge is 0.449 e. The van der Waals surface area contributed by atoms with Crippen molar-refractivity contribution in [3.05, 3.63) is 23.8 Å². The number of rotatable bonds is 1. The molecule has 1 aromatic rings. The number of hydrogen-bond acceptors (Lipinski definition) is 3. The maximum absolute atomic E-state index is 10.3. The average Bonchev–Trinajstić information content (AvgIpc) is 2.51. The highest BCUT2D eigenvalue weighted by atomic mass is 16.7. The van der Waals surface area contributed by atoms with Gasteiger partial charge in [0.25, 0.3) is 0 Å². The molecule has 0 fully saturated rings. The quantitative estimate of drug-likeness (QED) is 0.509. The van der Waals surface area contributed by atoms with Gasteiger partial charge in [0.1, 0.15) is 0 Å². The normalized spacial score (nSPS) is 13.2. The van der Waals surface area contributed by atoms with E-state index in [1.165, 1.54) is 0 Å². The van der Waals surface area contributed by atoms with E-state index in [4.69, 9.17) is 5.11 Å². The van der Waals surface area contributed by atoms with Crippen LogP contribution in [0.5, 0.6) is 5.75 Å². The fraction of sp³-hybridized carbons (Fsp3) is 0.222. The molecule has 0 aromatic heterocycles. The molecule has 0 unspecified atom stereocenters. The summed E-state index contributed by atoms with van der Waals surface area (Å²) in [4.78, 5) is 10.3. The minimum absolute atomic E-state index is 0.391. The molecule has 4 nitrogen and oxygen atoms in total. The second kappa shape index (κ2) is 2.97. The molecule has 1 aromatic carbocycles. The first-order valence-corrected chi connectivity index (χ1v) is 4.04. The summed E-state index contributed by atoms with van der Waals surface area (Å²) in [6, 6.07) is 5.40. The fourth-order valence-electron chi connectivity index (χ4n) is 1.49. The maximum atomic E-state index is 10.3. The van der Waals surface area contributed by atoms with Crippen LogP contribution >= 0.6 is 0 Å². The summed E-state index contributed by atoms with van der Waals surface area (Å²) in [6.45, 7) is 0.843. The summed E-state index contributed by atoms with van der Waals surface area (Å²) in [5.41, 5.74) is 1.92.